The van der Waals surface area contributed by atoms with Gasteiger partial charge in [-0.1, -0.05) is 89.4 Å². The number of hydrogen-bond donors (Lipinski definition) is 1. The number of fused-ring (bicyclic) bond motifs is 3. The van der Waals surface area contributed by atoms with Gasteiger partial charge in [0.1, 0.15) is 0 Å². The van der Waals surface area contributed by atoms with Crippen LogP contribution >= 0.6 is 22.6 Å². The Balaban J connectivity index is 0.000000948. The summed E-state index contributed by atoms with van der Waals surface area (Å²) in [5.41, 5.74) is 2.85. The van der Waals surface area contributed by atoms with E-state index >= 15 is 0 Å². The second kappa shape index (κ2) is 9.03. The number of rotatable bonds is 2. The van der Waals surface area contributed by atoms with Crippen molar-refractivity contribution in [2.45, 2.75) is 31.3 Å². The molecule has 0 radical (unpaired) electrons. The Hall–Kier alpha value is -1.35. The van der Waals surface area contributed by atoms with Crippen LogP contribution in [0, 0.1) is 11.8 Å². The van der Waals surface area contributed by atoms with Crippen molar-refractivity contribution < 1.29 is 5.11 Å². The first kappa shape index (κ1) is 19.4. The van der Waals surface area contributed by atoms with Gasteiger partial charge in [0, 0.05) is 24.1 Å². The number of nitrogens with zero attached hydrogens (tertiary/aromatic N) is 1. The molecule has 136 valence electrons. The molecule has 2 aromatic carbocycles. The number of benzene rings is 2. The van der Waals surface area contributed by atoms with E-state index in [1.807, 2.05) is 41.3 Å². The van der Waals surface area contributed by atoms with Crippen LogP contribution in [0.2, 0.25) is 0 Å². The van der Waals surface area contributed by atoms with E-state index < -0.39 is 5.60 Å². The summed E-state index contributed by atoms with van der Waals surface area (Å²) in [5, 5.41) is 11.3. The maximum Gasteiger partial charge on any atom is 0.178 e. The average molecular weight is 459 g/mol. The highest BCUT2D eigenvalue weighted by molar-refractivity contribution is 14.1. The van der Waals surface area contributed by atoms with Crippen LogP contribution in [-0.4, -0.2) is 34.6 Å². The van der Waals surface area contributed by atoms with Crippen molar-refractivity contribution in [1.82, 2.24) is 4.90 Å². The molecule has 2 aliphatic rings. The summed E-state index contributed by atoms with van der Waals surface area (Å²) in [6.45, 7) is 3.39. The van der Waals surface area contributed by atoms with Crippen molar-refractivity contribution >= 4 is 22.6 Å². The van der Waals surface area contributed by atoms with E-state index in [1.54, 1.807) is 0 Å². The summed E-state index contributed by atoms with van der Waals surface area (Å²) in [4.78, 5) is 4.45. The molecule has 1 heterocycles. The van der Waals surface area contributed by atoms with E-state index in [4.69, 9.17) is 0 Å². The highest BCUT2D eigenvalue weighted by atomic mass is 127. The van der Waals surface area contributed by atoms with Gasteiger partial charge in [-0.05, 0) is 42.0 Å². The second-order valence-corrected chi connectivity index (χ2v) is 6.76. The van der Waals surface area contributed by atoms with Gasteiger partial charge in [0.15, 0.2) is 5.60 Å². The van der Waals surface area contributed by atoms with Crippen molar-refractivity contribution in [3.63, 3.8) is 0 Å². The number of aliphatic hydroxyl groups is 1. The predicted octanol–water partition coefficient (Wildman–Crippen LogP) is 4.83. The Kier molecular flexibility index (Phi) is 6.74. The summed E-state index contributed by atoms with van der Waals surface area (Å²) in [5.74, 6) is 6.44. The highest BCUT2D eigenvalue weighted by Crippen LogP contribution is 2.46. The van der Waals surface area contributed by atoms with Gasteiger partial charge >= 0.3 is 0 Å². The van der Waals surface area contributed by atoms with Crippen LogP contribution in [0.5, 0.6) is 0 Å². The van der Waals surface area contributed by atoms with Crippen LogP contribution in [0.15, 0.2) is 48.5 Å². The first-order valence-electron chi connectivity index (χ1n) is 9.31. The molecule has 0 spiro atoms. The molecule has 0 unspecified atom stereocenters. The van der Waals surface area contributed by atoms with Crippen LogP contribution in [-0.2, 0) is 5.60 Å². The maximum atomic E-state index is 11.3. The van der Waals surface area contributed by atoms with Gasteiger partial charge in [-0.15, -0.1) is 0 Å². The monoisotopic (exact) mass is 459 g/mol. The van der Waals surface area contributed by atoms with E-state index in [0.29, 0.717) is 0 Å². The minimum absolute atomic E-state index is 0.812. The lowest BCUT2D eigenvalue weighted by atomic mass is 9.92. The van der Waals surface area contributed by atoms with Crippen LogP contribution in [0.3, 0.4) is 0 Å². The molecular weight excluding hydrogens is 433 g/mol. The van der Waals surface area contributed by atoms with E-state index in [9.17, 15) is 5.11 Å². The van der Waals surface area contributed by atoms with E-state index in [-0.39, 0.29) is 0 Å². The van der Waals surface area contributed by atoms with Crippen LogP contribution < -0.4 is 0 Å². The molecule has 1 N–H and O–H groups in total. The van der Waals surface area contributed by atoms with Crippen LogP contribution in [0.25, 0.3) is 11.1 Å². The van der Waals surface area contributed by atoms with Crippen molar-refractivity contribution in [2.75, 3.05) is 24.6 Å². The summed E-state index contributed by atoms with van der Waals surface area (Å²) in [6.07, 6.45) is 4.78. The summed E-state index contributed by atoms with van der Waals surface area (Å²) in [6, 6.07) is 16.1. The van der Waals surface area contributed by atoms with Crippen LogP contribution in [0.4, 0.5) is 0 Å². The quantitative estimate of drug-likeness (QED) is 0.395. The lowest BCUT2D eigenvalue weighted by Gasteiger charge is -2.25. The Bertz CT molecular complexity index is 754. The zero-order valence-electron chi connectivity index (χ0n) is 15.3. The molecule has 1 aliphatic carbocycles. The highest BCUT2D eigenvalue weighted by Gasteiger charge is 2.39. The fourth-order valence-corrected chi connectivity index (χ4v) is 3.93. The van der Waals surface area contributed by atoms with E-state index in [0.717, 1.165) is 35.2 Å². The van der Waals surface area contributed by atoms with E-state index in [1.165, 1.54) is 32.4 Å². The Morgan fingerprint density at radius 3 is 2.04 bits per heavy atom. The second-order valence-electron chi connectivity index (χ2n) is 6.76. The lowest BCUT2D eigenvalue weighted by molar-refractivity contribution is 0.150. The van der Waals surface area contributed by atoms with Crippen molar-refractivity contribution in [1.29, 1.82) is 0 Å². The molecule has 4 rings (SSSR count). The summed E-state index contributed by atoms with van der Waals surface area (Å²) < 4.78 is 0. The van der Waals surface area contributed by atoms with Gasteiger partial charge in [-0.25, -0.2) is 0 Å². The lowest BCUT2D eigenvalue weighted by Crippen LogP contribution is -2.30. The van der Waals surface area contributed by atoms with Crippen molar-refractivity contribution in [3.05, 3.63) is 59.7 Å². The van der Waals surface area contributed by atoms with Gasteiger partial charge < -0.3 is 10.0 Å². The van der Waals surface area contributed by atoms with Crippen LogP contribution in [0.1, 0.15) is 36.8 Å². The van der Waals surface area contributed by atoms with E-state index in [2.05, 4.69) is 51.5 Å². The molecule has 0 saturated carbocycles. The minimum Gasteiger partial charge on any atom is -0.369 e. The van der Waals surface area contributed by atoms with Gasteiger partial charge in [-0.2, -0.15) is 0 Å². The van der Waals surface area contributed by atoms with Gasteiger partial charge in [-0.3, -0.25) is 0 Å². The van der Waals surface area contributed by atoms with Gasteiger partial charge in [0.05, 0.1) is 0 Å². The standard InChI is InChI=1S/C22H23NO.CH3I/c24-22(14-6-9-17-23-15-7-1-8-16-23)20-12-4-2-10-18(20)19-11-3-5-13-21(19)22;1-2/h2-5,10-13,24H,1,7-9,15-17H2;1H3. The topological polar surface area (TPSA) is 23.5 Å². The van der Waals surface area contributed by atoms with Gasteiger partial charge in [0.25, 0.3) is 0 Å². The predicted molar refractivity (Wildman–Crippen MR) is 118 cm³/mol. The molecule has 0 bridgehead atoms. The minimum atomic E-state index is -1.17. The number of likely N-dealkylation sites (tertiary alicyclic amines) is 1. The zero-order chi connectivity index (χ0) is 18.4. The summed E-state index contributed by atoms with van der Waals surface area (Å²) >= 11 is 2.15. The maximum absolute atomic E-state index is 11.3. The number of piperidine rings is 1. The third-order valence-electron chi connectivity index (χ3n) is 5.19. The normalized spacial score (nSPS) is 17.2. The Morgan fingerprint density at radius 1 is 0.923 bits per heavy atom. The number of alkyl halides is 1. The first-order valence-corrected chi connectivity index (χ1v) is 11.5. The molecule has 0 aromatic heterocycles. The number of hydrogen-bond acceptors (Lipinski definition) is 2. The third kappa shape index (κ3) is 3.83. The zero-order valence-corrected chi connectivity index (χ0v) is 17.5. The Labute approximate surface area is 170 Å². The fraction of sp³-hybridized carbons (Fsp3) is 0.391. The molecule has 1 saturated heterocycles. The molecule has 0 atom stereocenters. The molecule has 2 aromatic rings. The Morgan fingerprint density at radius 2 is 1.46 bits per heavy atom. The molecule has 3 heteroatoms. The van der Waals surface area contributed by atoms with Gasteiger partial charge in [0.2, 0.25) is 0 Å². The molecular formula is C23H26INO. The van der Waals surface area contributed by atoms with Crippen molar-refractivity contribution in [3.8, 4) is 23.0 Å². The molecule has 0 amide bonds. The molecule has 26 heavy (non-hydrogen) atoms. The SMILES string of the molecule is CI.OC1(C#CCCN2CCCCC2)c2ccccc2-c2ccccc21. The smallest absolute Gasteiger partial charge is 0.178 e. The summed E-state index contributed by atoms with van der Waals surface area (Å²) in [7, 11) is 0. The first-order chi connectivity index (χ1) is 12.8. The molecule has 2 nitrogen and oxygen atoms in total. The third-order valence-corrected chi connectivity index (χ3v) is 5.19. The number of halogens is 1. The molecule has 1 aliphatic heterocycles. The largest absolute Gasteiger partial charge is 0.369 e. The average Bonchev–Trinajstić information content (AvgIpc) is 2.98. The van der Waals surface area contributed by atoms with Crippen molar-refractivity contribution in [2.24, 2.45) is 0 Å². The molecule has 1 fully saturated rings. The fourth-order valence-electron chi connectivity index (χ4n) is 3.93.